The lowest BCUT2D eigenvalue weighted by molar-refractivity contribution is -0.141. The van der Waals surface area contributed by atoms with Gasteiger partial charge in [0.2, 0.25) is 10.0 Å². The summed E-state index contributed by atoms with van der Waals surface area (Å²) in [6.07, 6.45) is 0.692. The van der Waals surface area contributed by atoms with E-state index in [2.05, 4.69) is 4.72 Å². The van der Waals surface area contributed by atoms with Crippen LogP contribution in [0.25, 0.3) is 0 Å². The van der Waals surface area contributed by atoms with Crippen molar-refractivity contribution in [2.24, 2.45) is 0 Å². The van der Waals surface area contributed by atoms with E-state index in [1.165, 1.54) is 6.92 Å². The zero-order chi connectivity index (χ0) is 18.3. The predicted octanol–water partition coefficient (Wildman–Crippen LogP) is 3.22. The Labute approximate surface area is 149 Å². The molecule has 2 rings (SSSR count). The number of nitrogens with one attached hydrogen (secondary N) is 1. The van der Waals surface area contributed by atoms with Crippen LogP contribution in [-0.2, 0) is 26.1 Å². The van der Waals surface area contributed by atoms with Crippen molar-refractivity contribution in [2.45, 2.75) is 37.6 Å². The zero-order valence-corrected chi connectivity index (χ0v) is 15.3. The first kappa shape index (κ1) is 19.1. The minimum atomic E-state index is -3.55. The Morgan fingerprint density at radius 3 is 2.32 bits per heavy atom. The zero-order valence-electron chi connectivity index (χ0n) is 14.4. The molecule has 0 fully saturated rings. The Bertz CT molecular complexity index is 786. The number of carbonyl (C=O) groups excluding carboxylic acids is 1. The number of rotatable bonds is 8. The highest BCUT2D eigenvalue weighted by Crippen LogP contribution is 2.21. The number of esters is 1. The summed E-state index contributed by atoms with van der Waals surface area (Å²) in [5, 5.41) is 0. The first-order chi connectivity index (χ1) is 11.9. The standard InChI is InChI=1S/C19H23NO4S/c1-15(12-13-24-16(2)21)18-8-10-19(11-9-18)25(22,23)20-14-17-6-4-3-5-7-17/h3-11,15,20H,12-14H2,1-2H3. The molecule has 25 heavy (non-hydrogen) atoms. The van der Waals surface area contributed by atoms with Gasteiger partial charge in [0.25, 0.3) is 0 Å². The van der Waals surface area contributed by atoms with Crippen LogP contribution in [0.2, 0.25) is 0 Å². The fourth-order valence-corrected chi connectivity index (χ4v) is 3.40. The highest BCUT2D eigenvalue weighted by atomic mass is 32.2. The maximum atomic E-state index is 12.4. The lowest BCUT2D eigenvalue weighted by Gasteiger charge is -2.13. The van der Waals surface area contributed by atoms with E-state index in [1.807, 2.05) is 37.3 Å². The predicted molar refractivity (Wildman–Crippen MR) is 96.6 cm³/mol. The number of hydrogen-bond donors (Lipinski definition) is 1. The van der Waals surface area contributed by atoms with Gasteiger partial charge in [-0.15, -0.1) is 0 Å². The van der Waals surface area contributed by atoms with Crippen molar-refractivity contribution in [1.82, 2.24) is 4.72 Å². The summed E-state index contributed by atoms with van der Waals surface area (Å²) in [5.74, 6) is -0.119. The van der Waals surface area contributed by atoms with Crippen molar-refractivity contribution < 1.29 is 17.9 Å². The summed E-state index contributed by atoms with van der Waals surface area (Å²) in [7, 11) is -3.55. The van der Waals surface area contributed by atoms with E-state index in [0.717, 1.165) is 11.1 Å². The van der Waals surface area contributed by atoms with Crippen LogP contribution >= 0.6 is 0 Å². The van der Waals surface area contributed by atoms with Crippen LogP contribution in [0.5, 0.6) is 0 Å². The second-order valence-electron chi connectivity index (χ2n) is 5.91. The lowest BCUT2D eigenvalue weighted by atomic mass is 9.98. The molecule has 1 N–H and O–H groups in total. The van der Waals surface area contributed by atoms with Crippen LogP contribution in [0.15, 0.2) is 59.5 Å². The van der Waals surface area contributed by atoms with E-state index in [4.69, 9.17) is 4.74 Å². The Kier molecular flexibility index (Phi) is 6.73. The summed E-state index contributed by atoms with van der Waals surface area (Å²) in [5.41, 5.74) is 1.91. The summed E-state index contributed by atoms with van der Waals surface area (Å²) in [4.78, 5) is 11.0. The monoisotopic (exact) mass is 361 g/mol. The molecule has 0 spiro atoms. The maximum Gasteiger partial charge on any atom is 0.302 e. The number of ether oxygens (including phenoxy) is 1. The third-order valence-corrected chi connectivity index (χ3v) is 5.34. The molecule has 0 bridgehead atoms. The Morgan fingerprint density at radius 2 is 1.72 bits per heavy atom. The Balaban J connectivity index is 1.96. The fraction of sp³-hybridized carbons (Fsp3) is 0.316. The van der Waals surface area contributed by atoms with Gasteiger partial charge in [0, 0.05) is 13.5 Å². The minimum absolute atomic E-state index is 0.174. The summed E-state index contributed by atoms with van der Waals surface area (Å²) >= 11 is 0. The van der Waals surface area contributed by atoms with Crippen molar-refractivity contribution in [1.29, 1.82) is 0 Å². The summed E-state index contributed by atoms with van der Waals surface area (Å²) in [6.45, 7) is 4.01. The third-order valence-electron chi connectivity index (χ3n) is 3.92. The quantitative estimate of drug-likeness (QED) is 0.733. The van der Waals surface area contributed by atoms with Crippen molar-refractivity contribution in [3.8, 4) is 0 Å². The van der Waals surface area contributed by atoms with Gasteiger partial charge >= 0.3 is 5.97 Å². The van der Waals surface area contributed by atoms with Crippen LogP contribution in [-0.4, -0.2) is 21.0 Å². The van der Waals surface area contributed by atoms with Gasteiger partial charge in [-0.25, -0.2) is 13.1 Å². The second-order valence-corrected chi connectivity index (χ2v) is 7.68. The Morgan fingerprint density at radius 1 is 1.08 bits per heavy atom. The van der Waals surface area contributed by atoms with E-state index in [0.29, 0.717) is 13.0 Å². The van der Waals surface area contributed by atoms with Gasteiger partial charge in [-0.3, -0.25) is 4.79 Å². The molecule has 1 unspecified atom stereocenters. The summed E-state index contributed by atoms with van der Waals surface area (Å²) in [6, 6.07) is 16.2. The molecule has 6 heteroatoms. The Hall–Kier alpha value is -2.18. The molecule has 134 valence electrons. The molecule has 1 atom stereocenters. The average Bonchev–Trinajstić information content (AvgIpc) is 2.61. The SMILES string of the molecule is CC(=O)OCCC(C)c1ccc(S(=O)(=O)NCc2ccccc2)cc1. The molecule has 0 saturated heterocycles. The van der Waals surface area contributed by atoms with Gasteiger partial charge in [0.1, 0.15) is 0 Å². The highest BCUT2D eigenvalue weighted by molar-refractivity contribution is 7.89. The van der Waals surface area contributed by atoms with Gasteiger partial charge in [-0.2, -0.15) is 0 Å². The van der Waals surface area contributed by atoms with Crippen molar-refractivity contribution >= 4 is 16.0 Å². The molecule has 2 aromatic rings. The van der Waals surface area contributed by atoms with E-state index in [-0.39, 0.29) is 23.3 Å². The van der Waals surface area contributed by atoms with Crippen LogP contribution in [0.3, 0.4) is 0 Å². The number of hydrogen-bond acceptors (Lipinski definition) is 4. The molecule has 0 saturated carbocycles. The van der Waals surface area contributed by atoms with Crippen molar-refractivity contribution in [3.05, 3.63) is 65.7 Å². The molecular formula is C19H23NO4S. The molecular weight excluding hydrogens is 338 g/mol. The molecule has 2 aromatic carbocycles. The number of carbonyl (C=O) groups is 1. The maximum absolute atomic E-state index is 12.4. The first-order valence-electron chi connectivity index (χ1n) is 8.15. The van der Waals surface area contributed by atoms with E-state index < -0.39 is 10.0 Å². The molecule has 5 nitrogen and oxygen atoms in total. The average molecular weight is 361 g/mol. The number of benzene rings is 2. The topological polar surface area (TPSA) is 72.5 Å². The van der Waals surface area contributed by atoms with E-state index in [9.17, 15) is 13.2 Å². The normalized spacial score (nSPS) is 12.6. The van der Waals surface area contributed by atoms with Gasteiger partial charge in [0.05, 0.1) is 11.5 Å². The number of sulfonamides is 1. The first-order valence-corrected chi connectivity index (χ1v) is 9.64. The highest BCUT2D eigenvalue weighted by Gasteiger charge is 2.14. The van der Waals surface area contributed by atoms with Crippen molar-refractivity contribution in [3.63, 3.8) is 0 Å². The van der Waals surface area contributed by atoms with Crippen LogP contribution in [0.4, 0.5) is 0 Å². The smallest absolute Gasteiger partial charge is 0.302 e. The molecule has 0 aliphatic rings. The minimum Gasteiger partial charge on any atom is -0.466 e. The van der Waals surface area contributed by atoms with Gasteiger partial charge in [-0.05, 0) is 35.6 Å². The largest absolute Gasteiger partial charge is 0.466 e. The molecule has 0 aliphatic heterocycles. The van der Waals surface area contributed by atoms with Gasteiger partial charge < -0.3 is 4.74 Å². The molecule has 0 amide bonds. The van der Waals surface area contributed by atoms with Crippen LogP contribution in [0.1, 0.15) is 37.3 Å². The summed E-state index contributed by atoms with van der Waals surface area (Å²) < 4.78 is 32.3. The van der Waals surface area contributed by atoms with E-state index in [1.54, 1.807) is 24.3 Å². The third kappa shape index (κ3) is 5.99. The molecule has 0 radical (unpaired) electrons. The molecule has 0 aliphatic carbocycles. The van der Waals surface area contributed by atoms with Gasteiger partial charge in [-0.1, -0.05) is 49.4 Å². The fourth-order valence-electron chi connectivity index (χ4n) is 2.38. The van der Waals surface area contributed by atoms with E-state index >= 15 is 0 Å². The molecule has 0 heterocycles. The second kappa shape index (κ2) is 8.78. The lowest BCUT2D eigenvalue weighted by Crippen LogP contribution is -2.23. The molecule has 0 aromatic heterocycles. The van der Waals surface area contributed by atoms with Crippen LogP contribution < -0.4 is 4.72 Å². The van der Waals surface area contributed by atoms with Crippen molar-refractivity contribution in [2.75, 3.05) is 6.61 Å². The van der Waals surface area contributed by atoms with Crippen LogP contribution in [0, 0.1) is 0 Å². The van der Waals surface area contributed by atoms with Gasteiger partial charge in [0.15, 0.2) is 0 Å².